The van der Waals surface area contributed by atoms with E-state index in [1.807, 2.05) is 49.4 Å². The predicted octanol–water partition coefficient (Wildman–Crippen LogP) is 2.40. The molecular weight excluding hydrogens is 424 g/mol. The third kappa shape index (κ3) is 3.84. The summed E-state index contributed by atoms with van der Waals surface area (Å²) in [6, 6.07) is 13.5. The van der Waals surface area contributed by atoms with Crippen molar-refractivity contribution in [2.24, 2.45) is 19.2 Å². The summed E-state index contributed by atoms with van der Waals surface area (Å²) < 4.78 is 7.91. The molecule has 0 amide bonds. The van der Waals surface area contributed by atoms with Gasteiger partial charge in [0.1, 0.15) is 0 Å². The summed E-state index contributed by atoms with van der Waals surface area (Å²) in [6.45, 7) is 2.02. The Morgan fingerprint density at radius 2 is 1.61 bits per heavy atom. The van der Waals surface area contributed by atoms with Crippen LogP contribution in [-0.4, -0.2) is 35.6 Å². The summed E-state index contributed by atoms with van der Waals surface area (Å²) in [4.78, 5) is 20.9. The lowest BCUT2D eigenvalue weighted by Gasteiger charge is -2.11. The first-order chi connectivity index (χ1) is 16.0. The molecule has 166 valence electrons. The van der Waals surface area contributed by atoms with Crippen LogP contribution in [0.4, 0.5) is 17.3 Å². The third-order valence-corrected chi connectivity index (χ3v) is 5.17. The van der Waals surface area contributed by atoms with E-state index >= 15 is 0 Å². The maximum absolute atomic E-state index is 12.1. The van der Waals surface area contributed by atoms with E-state index in [0.717, 1.165) is 27.8 Å². The van der Waals surface area contributed by atoms with Crippen molar-refractivity contribution >= 4 is 45.9 Å². The van der Waals surface area contributed by atoms with Crippen molar-refractivity contribution in [2.75, 3.05) is 16.3 Å². The number of anilines is 3. The lowest BCUT2D eigenvalue weighted by atomic mass is 10.2. The summed E-state index contributed by atoms with van der Waals surface area (Å²) in [6.07, 6.45) is 1.63. The lowest BCUT2D eigenvalue weighted by Crippen LogP contribution is -2.19. The minimum atomic E-state index is -0.0844. The fourth-order valence-corrected chi connectivity index (χ4v) is 3.34. The molecule has 0 atom stereocenters. The van der Waals surface area contributed by atoms with Gasteiger partial charge in [0.05, 0.1) is 22.9 Å². The van der Waals surface area contributed by atoms with Crippen molar-refractivity contribution in [1.29, 1.82) is 0 Å². The molecule has 0 spiro atoms. The predicted molar refractivity (Wildman–Crippen MR) is 125 cm³/mol. The van der Waals surface area contributed by atoms with Crippen molar-refractivity contribution in [1.82, 2.24) is 29.4 Å². The van der Waals surface area contributed by atoms with Gasteiger partial charge >= 0.3 is 5.69 Å². The molecule has 3 heterocycles. The van der Waals surface area contributed by atoms with Crippen LogP contribution in [0.2, 0.25) is 0 Å². The summed E-state index contributed by atoms with van der Waals surface area (Å²) in [7, 11) is 3.48. The second-order valence-corrected chi connectivity index (χ2v) is 7.47. The second kappa shape index (κ2) is 8.07. The summed E-state index contributed by atoms with van der Waals surface area (Å²) in [5, 5.41) is 11.8. The van der Waals surface area contributed by atoms with Gasteiger partial charge in [0.25, 0.3) is 0 Å². The number of aryl methyl sites for hydroxylation is 3. The Hall–Kier alpha value is -4.74. The number of fused-ring (bicyclic) bond motifs is 2. The number of hydrazine groups is 1. The number of hydrogen-bond acceptors (Lipinski definition) is 10. The standard InChI is InChI=1S/C21H20N10O2/c1-12-4-7-14(8-5-12)25-27-18-17(23-19-20(24-18)29-33-28-19)26-22-11-13-6-9-15-16(10-13)31(3)21(32)30(15)2/h4-11,25H,1-3H3,(H,23,26,28)(H,24,27,29)/b22-11+. The molecular formula is C21H20N10O2. The Morgan fingerprint density at radius 1 is 0.909 bits per heavy atom. The maximum atomic E-state index is 12.1. The average Bonchev–Trinajstić information content (AvgIpc) is 3.36. The van der Waals surface area contributed by atoms with Gasteiger partial charge in [-0.2, -0.15) is 15.1 Å². The zero-order chi connectivity index (χ0) is 22.9. The van der Waals surface area contributed by atoms with Crippen LogP contribution in [0.15, 0.2) is 57.0 Å². The average molecular weight is 444 g/mol. The first-order valence-corrected chi connectivity index (χ1v) is 10.0. The van der Waals surface area contributed by atoms with Gasteiger partial charge in [0.15, 0.2) is 11.6 Å². The van der Waals surface area contributed by atoms with Crippen molar-refractivity contribution in [3.8, 4) is 0 Å². The fourth-order valence-electron chi connectivity index (χ4n) is 3.34. The van der Waals surface area contributed by atoms with Crippen LogP contribution in [-0.2, 0) is 14.1 Å². The van der Waals surface area contributed by atoms with E-state index in [0.29, 0.717) is 11.6 Å². The Balaban J connectivity index is 1.39. The normalized spacial score (nSPS) is 11.5. The number of hydrogen-bond donors (Lipinski definition) is 3. The SMILES string of the molecule is Cc1ccc(NNc2nc3nonc3nc2N/N=C/c2ccc3c(c2)n(C)c(=O)n3C)cc1. The van der Waals surface area contributed by atoms with Gasteiger partial charge < -0.3 is 0 Å². The highest BCUT2D eigenvalue weighted by molar-refractivity contribution is 5.88. The molecule has 0 aliphatic carbocycles. The zero-order valence-corrected chi connectivity index (χ0v) is 18.1. The first-order valence-electron chi connectivity index (χ1n) is 10.0. The van der Waals surface area contributed by atoms with Crippen molar-refractivity contribution < 1.29 is 4.63 Å². The molecule has 5 aromatic rings. The number of imidazole rings is 1. The van der Waals surface area contributed by atoms with E-state index in [4.69, 9.17) is 4.63 Å². The zero-order valence-electron chi connectivity index (χ0n) is 18.1. The van der Waals surface area contributed by atoms with E-state index in [1.54, 1.807) is 29.4 Å². The highest BCUT2D eigenvalue weighted by Crippen LogP contribution is 2.20. The number of aromatic nitrogens is 6. The van der Waals surface area contributed by atoms with E-state index in [1.165, 1.54) is 0 Å². The van der Waals surface area contributed by atoms with Crippen LogP contribution < -0.4 is 22.0 Å². The number of hydrazone groups is 1. The number of benzene rings is 2. The molecule has 0 unspecified atom stereocenters. The minimum Gasteiger partial charge on any atom is -0.300 e. The van der Waals surface area contributed by atoms with Gasteiger partial charge in [-0.1, -0.05) is 23.8 Å². The molecule has 0 radical (unpaired) electrons. The Labute approximate surface area is 186 Å². The van der Waals surface area contributed by atoms with Crippen LogP contribution in [0.1, 0.15) is 11.1 Å². The van der Waals surface area contributed by atoms with Crippen LogP contribution in [0.3, 0.4) is 0 Å². The molecule has 12 heteroatoms. The number of nitrogens with one attached hydrogen (secondary N) is 3. The monoisotopic (exact) mass is 444 g/mol. The highest BCUT2D eigenvalue weighted by Gasteiger charge is 2.12. The van der Waals surface area contributed by atoms with Crippen LogP contribution in [0, 0.1) is 6.92 Å². The smallest absolute Gasteiger partial charge is 0.300 e. The number of rotatable bonds is 6. The van der Waals surface area contributed by atoms with Gasteiger partial charge in [-0.05, 0) is 47.1 Å². The van der Waals surface area contributed by atoms with Gasteiger partial charge in [-0.25, -0.2) is 9.42 Å². The molecule has 3 N–H and O–H groups in total. The molecule has 3 aromatic heterocycles. The van der Waals surface area contributed by atoms with E-state index in [2.05, 4.69) is 41.7 Å². The summed E-state index contributed by atoms with van der Waals surface area (Å²) in [5.74, 6) is 0.680. The quantitative estimate of drug-likeness (QED) is 0.266. The molecule has 0 saturated carbocycles. The van der Waals surface area contributed by atoms with Crippen molar-refractivity contribution in [3.05, 3.63) is 64.1 Å². The van der Waals surface area contributed by atoms with Crippen molar-refractivity contribution in [3.63, 3.8) is 0 Å². The minimum absolute atomic E-state index is 0.0844. The van der Waals surface area contributed by atoms with Gasteiger partial charge in [-0.15, -0.1) is 0 Å². The molecule has 2 aromatic carbocycles. The van der Waals surface area contributed by atoms with Crippen LogP contribution >= 0.6 is 0 Å². The molecule has 0 bridgehead atoms. The highest BCUT2D eigenvalue weighted by atomic mass is 16.6. The second-order valence-electron chi connectivity index (χ2n) is 7.47. The molecule has 0 aliphatic rings. The van der Waals surface area contributed by atoms with E-state index < -0.39 is 0 Å². The van der Waals surface area contributed by atoms with Gasteiger partial charge in [0, 0.05) is 14.1 Å². The van der Waals surface area contributed by atoms with Gasteiger partial charge in [-0.3, -0.25) is 25.4 Å². The maximum Gasteiger partial charge on any atom is 0.328 e. The molecule has 33 heavy (non-hydrogen) atoms. The lowest BCUT2D eigenvalue weighted by molar-refractivity contribution is 0.314. The number of nitrogens with zero attached hydrogens (tertiary/aromatic N) is 7. The molecule has 0 fully saturated rings. The van der Waals surface area contributed by atoms with Crippen LogP contribution in [0.25, 0.3) is 22.3 Å². The summed E-state index contributed by atoms with van der Waals surface area (Å²) in [5.41, 5.74) is 13.8. The van der Waals surface area contributed by atoms with E-state index in [-0.39, 0.29) is 17.0 Å². The first kappa shape index (κ1) is 20.2. The van der Waals surface area contributed by atoms with E-state index in [9.17, 15) is 4.79 Å². The molecule has 12 nitrogen and oxygen atoms in total. The topological polar surface area (TPSA) is 140 Å². The largest absolute Gasteiger partial charge is 0.328 e. The fraction of sp³-hybridized carbons (Fsp3) is 0.143. The Kier molecular flexibility index (Phi) is 4.94. The van der Waals surface area contributed by atoms with Gasteiger partial charge in [0.2, 0.25) is 11.3 Å². The van der Waals surface area contributed by atoms with Crippen LogP contribution in [0.5, 0.6) is 0 Å². The Morgan fingerprint density at radius 3 is 2.36 bits per heavy atom. The third-order valence-electron chi connectivity index (χ3n) is 5.17. The Bertz CT molecular complexity index is 1550. The molecule has 0 aliphatic heterocycles. The van der Waals surface area contributed by atoms with Crippen molar-refractivity contribution in [2.45, 2.75) is 6.92 Å². The molecule has 5 rings (SSSR count). The summed E-state index contributed by atoms with van der Waals surface area (Å²) >= 11 is 0. The molecule has 0 saturated heterocycles.